The quantitative estimate of drug-likeness (QED) is 0.900. The van der Waals surface area contributed by atoms with Crippen LogP contribution in [0.1, 0.15) is 31.9 Å². The average molecular weight is 296 g/mol. The summed E-state index contributed by atoms with van der Waals surface area (Å²) in [5, 5.41) is 4.37. The first-order valence-corrected chi connectivity index (χ1v) is 7.96. The van der Waals surface area contributed by atoms with Gasteiger partial charge in [0.1, 0.15) is 0 Å². The van der Waals surface area contributed by atoms with Gasteiger partial charge in [0.05, 0.1) is 10.7 Å². The number of nitrogens with zero attached hydrogens (tertiary/aromatic N) is 2. The summed E-state index contributed by atoms with van der Waals surface area (Å²) < 4.78 is 0. The molecule has 0 amide bonds. The van der Waals surface area contributed by atoms with Gasteiger partial charge in [-0.3, -0.25) is 0 Å². The highest BCUT2D eigenvalue weighted by molar-refractivity contribution is 6.33. The Morgan fingerprint density at radius 1 is 1.25 bits per heavy atom. The smallest absolute Gasteiger partial charge is 0.0642 e. The molecular weight excluding hydrogens is 270 g/mol. The zero-order valence-electron chi connectivity index (χ0n) is 12.8. The number of halogens is 1. The summed E-state index contributed by atoms with van der Waals surface area (Å²) >= 11 is 6.49. The summed E-state index contributed by atoms with van der Waals surface area (Å²) in [4.78, 5) is 4.74. The third-order valence-electron chi connectivity index (χ3n) is 4.02. The molecule has 0 spiro atoms. The molecule has 0 radical (unpaired) electrons. The van der Waals surface area contributed by atoms with Crippen LogP contribution < -0.4 is 10.2 Å². The van der Waals surface area contributed by atoms with Gasteiger partial charge in [0.2, 0.25) is 0 Å². The Labute approximate surface area is 127 Å². The van der Waals surface area contributed by atoms with Crippen molar-refractivity contribution in [3.8, 4) is 0 Å². The number of likely N-dealkylation sites (N-methyl/N-ethyl adjacent to an activating group) is 1. The first-order chi connectivity index (χ1) is 9.61. The topological polar surface area (TPSA) is 18.5 Å². The van der Waals surface area contributed by atoms with E-state index in [1.807, 2.05) is 0 Å². The van der Waals surface area contributed by atoms with Crippen molar-refractivity contribution in [2.45, 2.75) is 26.3 Å². The van der Waals surface area contributed by atoms with Gasteiger partial charge in [-0.1, -0.05) is 24.6 Å². The minimum Gasteiger partial charge on any atom is -0.368 e. The van der Waals surface area contributed by atoms with Crippen LogP contribution in [0.2, 0.25) is 5.02 Å². The Morgan fingerprint density at radius 2 is 1.95 bits per heavy atom. The lowest BCUT2D eigenvalue weighted by Gasteiger charge is -2.34. The van der Waals surface area contributed by atoms with Gasteiger partial charge in [0, 0.05) is 32.2 Å². The number of hydrogen-bond acceptors (Lipinski definition) is 3. The van der Waals surface area contributed by atoms with E-state index in [9.17, 15) is 0 Å². The molecule has 4 heteroatoms. The Balaban J connectivity index is 2.05. The van der Waals surface area contributed by atoms with Crippen LogP contribution in [0.4, 0.5) is 5.69 Å². The van der Waals surface area contributed by atoms with E-state index in [1.165, 1.54) is 11.3 Å². The third-order valence-corrected chi connectivity index (χ3v) is 4.32. The SMILES string of the molecule is CCCNC(C)c1ccc(N2CCN(C)CC2)c(Cl)c1. The normalized spacial score (nSPS) is 18.3. The van der Waals surface area contributed by atoms with Crippen LogP contribution in [0.15, 0.2) is 18.2 Å². The predicted molar refractivity (Wildman–Crippen MR) is 87.9 cm³/mol. The van der Waals surface area contributed by atoms with Gasteiger partial charge in [-0.15, -0.1) is 0 Å². The Kier molecular flexibility index (Phi) is 5.70. The molecule has 0 saturated carbocycles. The summed E-state index contributed by atoms with van der Waals surface area (Å²) in [5.41, 5.74) is 2.44. The second-order valence-corrected chi connectivity index (χ2v) is 6.08. The lowest BCUT2D eigenvalue weighted by atomic mass is 10.1. The molecular formula is C16H26ClN3. The molecule has 1 aromatic rings. The van der Waals surface area contributed by atoms with Crippen molar-refractivity contribution in [3.05, 3.63) is 28.8 Å². The van der Waals surface area contributed by atoms with E-state index in [0.29, 0.717) is 6.04 Å². The molecule has 2 rings (SSSR count). The number of benzene rings is 1. The Morgan fingerprint density at radius 3 is 2.55 bits per heavy atom. The maximum atomic E-state index is 6.49. The highest BCUT2D eigenvalue weighted by atomic mass is 35.5. The maximum Gasteiger partial charge on any atom is 0.0642 e. The zero-order valence-corrected chi connectivity index (χ0v) is 13.6. The van der Waals surface area contributed by atoms with Gasteiger partial charge >= 0.3 is 0 Å². The van der Waals surface area contributed by atoms with Crippen LogP contribution in [0.25, 0.3) is 0 Å². The van der Waals surface area contributed by atoms with Crippen molar-refractivity contribution in [2.24, 2.45) is 0 Å². The summed E-state index contributed by atoms with van der Waals surface area (Å²) in [6.45, 7) is 9.73. The van der Waals surface area contributed by atoms with E-state index in [4.69, 9.17) is 11.6 Å². The molecule has 1 aliphatic heterocycles. The highest BCUT2D eigenvalue weighted by Gasteiger charge is 2.17. The predicted octanol–water partition coefficient (Wildman–Crippen LogP) is 3.15. The molecule has 112 valence electrons. The molecule has 1 aliphatic rings. The third kappa shape index (κ3) is 3.87. The fraction of sp³-hybridized carbons (Fsp3) is 0.625. The first-order valence-electron chi connectivity index (χ1n) is 7.58. The van der Waals surface area contributed by atoms with Gasteiger partial charge in [0.25, 0.3) is 0 Å². The number of piperazine rings is 1. The van der Waals surface area contributed by atoms with Crippen molar-refractivity contribution in [1.82, 2.24) is 10.2 Å². The van der Waals surface area contributed by atoms with Crippen molar-refractivity contribution in [3.63, 3.8) is 0 Å². The molecule has 1 fully saturated rings. The van der Waals surface area contributed by atoms with E-state index in [0.717, 1.165) is 44.2 Å². The first kappa shape index (κ1) is 15.6. The molecule has 1 N–H and O–H groups in total. The molecule has 0 bridgehead atoms. The van der Waals surface area contributed by atoms with Gasteiger partial charge < -0.3 is 15.1 Å². The van der Waals surface area contributed by atoms with Crippen LogP contribution in [-0.2, 0) is 0 Å². The fourth-order valence-electron chi connectivity index (χ4n) is 2.57. The van der Waals surface area contributed by atoms with Gasteiger partial charge in [-0.05, 0) is 44.6 Å². The molecule has 1 aromatic carbocycles. The highest BCUT2D eigenvalue weighted by Crippen LogP contribution is 2.29. The van der Waals surface area contributed by atoms with Crippen LogP contribution >= 0.6 is 11.6 Å². The average Bonchev–Trinajstić information content (AvgIpc) is 2.46. The van der Waals surface area contributed by atoms with Crippen molar-refractivity contribution in [1.29, 1.82) is 0 Å². The zero-order chi connectivity index (χ0) is 14.5. The minimum atomic E-state index is 0.356. The minimum absolute atomic E-state index is 0.356. The van der Waals surface area contributed by atoms with Crippen LogP contribution in [-0.4, -0.2) is 44.7 Å². The summed E-state index contributed by atoms with van der Waals surface area (Å²) in [6, 6.07) is 6.84. The van der Waals surface area contributed by atoms with Crippen molar-refractivity contribution in [2.75, 3.05) is 44.7 Å². The summed E-state index contributed by atoms with van der Waals surface area (Å²) in [5.74, 6) is 0. The van der Waals surface area contributed by atoms with E-state index >= 15 is 0 Å². The van der Waals surface area contributed by atoms with Gasteiger partial charge in [-0.25, -0.2) is 0 Å². The maximum absolute atomic E-state index is 6.49. The lowest BCUT2D eigenvalue weighted by molar-refractivity contribution is 0.313. The molecule has 1 saturated heterocycles. The van der Waals surface area contributed by atoms with E-state index in [-0.39, 0.29) is 0 Å². The number of hydrogen-bond donors (Lipinski definition) is 1. The van der Waals surface area contributed by atoms with E-state index in [2.05, 4.69) is 54.2 Å². The van der Waals surface area contributed by atoms with E-state index < -0.39 is 0 Å². The lowest BCUT2D eigenvalue weighted by Crippen LogP contribution is -2.44. The number of anilines is 1. The monoisotopic (exact) mass is 295 g/mol. The van der Waals surface area contributed by atoms with Crippen molar-refractivity contribution < 1.29 is 0 Å². The fourth-order valence-corrected chi connectivity index (χ4v) is 2.88. The summed E-state index contributed by atoms with van der Waals surface area (Å²) in [6.07, 6.45) is 1.15. The van der Waals surface area contributed by atoms with E-state index in [1.54, 1.807) is 0 Å². The Bertz CT molecular complexity index is 428. The van der Waals surface area contributed by atoms with Crippen LogP contribution in [0, 0.1) is 0 Å². The number of nitrogens with one attached hydrogen (secondary N) is 1. The van der Waals surface area contributed by atoms with Gasteiger partial charge in [-0.2, -0.15) is 0 Å². The van der Waals surface area contributed by atoms with Crippen LogP contribution in [0.5, 0.6) is 0 Å². The molecule has 0 aromatic heterocycles. The molecule has 1 atom stereocenters. The standard InChI is InChI=1S/C16H26ClN3/c1-4-7-18-13(2)14-5-6-16(15(17)12-14)20-10-8-19(3)9-11-20/h5-6,12-13,18H,4,7-11H2,1-3H3. The second-order valence-electron chi connectivity index (χ2n) is 5.68. The number of rotatable bonds is 5. The van der Waals surface area contributed by atoms with Crippen molar-refractivity contribution >= 4 is 17.3 Å². The molecule has 1 heterocycles. The van der Waals surface area contributed by atoms with Gasteiger partial charge in [0.15, 0.2) is 0 Å². The molecule has 3 nitrogen and oxygen atoms in total. The molecule has 1 unspecified atom stereocenters. The molecule has 20 heavy (non-hydrogen) atoms. The van der Waals surface area contributed by atoms with Crippen LogP contribution in [0.3, 0.4) is 0 Å². The second kappa shape index (κ2) is 7.30. The largest absolute Gasteiger partial charge is 0.368 e. The summed E-state index contributed by atoms with van der Waals surface area (Å²) in [7, 11) is 2.17. The molecule has 0 aliphatic carbocycles. The Hall–Kier alpha value is -0.770.